The molecule has 2 aromatic rings. The molecule has 0 saturated heterocycles. The van der Waals surface area contributed by atoms with Crippen LogP contribution in [0.3, 0.4) is 0 Å². The van der Waals surface area contributed by atoms with Crippen molar-refractivity contribution in [3.8, 4) is 11.5 Å². The van der Waals surface area contributed by atoms with E-state index in [1.807, 2.05) is 36.4 Å². The molecule has 0 aromatic heterocycles. The Balaban J connectivity index is 2.59. The van der Waals surface area contributed by atoms with Crippen LogP contribution in [0, 0.1) is 0 Å². The topological polar surface area (TPSA) is 55.8 Å². The summed E-state index contributed by atoms with van der Waals surface area (Å²) in [4.78, 5) is 12.4. The van der Waals surface area contributed by atoms with Gasteiger partial charge >= 0.3 is 5.97 Å². The lowest BCUT2D eigenvalue weighted by molar-refractivity contribution is 0.0522. The van der Waals surface area contributed by atoms with Crippen molar-refractivity contribution in [2.75, 3.05) is 13.7 Å². The third-order valence-corrected chi connectivity index (χ3v) is 3.70. The van der Waals surface area contributed by atoms with Gasteiger partial charge < -0.3 is 14.6 Å². The van der Waals surface area contributed by atoms with Crippen molar-refractivity contribution in [1.29, 1.82) is 0 Å². The fourth-order valence-electron chi connectivity index (χ4n) is 2.53. The van der Waals surface area contributed by atoms with Crippen LogP contribution in [-0.2, 0) is 11.2 Å². The Morgan fingerprint density at radius 2 is 1.96 bits per heavy atom. The third-order valence-electron chi connectivity index (χ3n) is 3.70. The number of phenols is 1. The standard InChI is InChI=1S/C21H22O4/c1-4-9-17-18(24-3)14-16(13-12-15-10-7-6-8-11-15)19(20(17)22)21(23)25-5-2/h4,6-8,10-14,22H,1,5,9H2,2-3H3. The zero-order chi connectivity index (χ0) is 18.2. The van der Waals surface area contributed by atoms with E-state index in [-0.39, 0.29) is 17.9 Å². The smallest absolute Gasteiger partial charge is 0.342 e. The molecule has 0 fully saturated rings. The zero-order valence-corrected chi connectivity index (χ0v) is 14.5. The maximum atomic E-state index is 12.4. The molecule has 0 aliphatic carbocycles. The molecule has 4 nitrogen and oxygen atoms in total. The van der Waals surface area contributed by atoms with Crippen LogP contribution < -0.4 is 4.74 Å². The summed E-state index contributed by atoms with van der Waals surface area (Å²) in [6, 6.07) is 11.4. The largest absolute Gasteiger partial charge is 0.507 e. The summed E-state index contributed by atoms with van der Waals surface area (Å²) in [5, 5.41) is 10.6. The first-order valence-corrected chi connectivity index (χ1v) is 8.06. The molecule has 0 aliphatic rings. The lowest BCUT2D eigenvalue weighted by Gasteiger charge is -2.15. The Morgan fingerprint density at radius 3 is 2.56 bits per heavy atom. The molecule has 0 saturated carbocycles. The molecule has 0 spiro atoms. The van der Waals surface area contributed by atoms with Gasteiger partial charge in [-0.25, -0.2) is 4.79 Å². The number of allylic oxidation sites excluding steroid dienone is 1. The number of ether oxygens (including phenoxy) is 2. The van der Waals surface area contributed by atoms with Gasteiger partial charge in [0, 0.05) is 5.56 Å². The number of rotatable bonds is 7. The van der Waals surface area contributed by atoms with E-state index in [4.69, 9.17) is 9.47 Å². The molecule has 0 unspecified atom stereocenters. The van der Waals surface area contributed by atoms with Gasteiger partial charge in [-0.05, 0) is 30.5 Å². The van der Waals surface area contributed by atoms with E-state index in [0.717, 1.165) is 5.56 Å². The van der Waals surface area contributed by atoms with Crippen molar-refractivity contribution < 1.29 is 19.4 Å². The Kier molecular flexibility index (Phi) is 6.40. The zero-order valence-electron chi connectivity index (χ0n) is 14.5. The second kappa shape index (κ2) is 8.73. The molecule has 25 heavy (non-hydrogen) atoms. The molecule has 4 heteroatoms. The highest BCUT2D eigenvalue weighted by molar-refractivity contribution is 5.98. The van der Waals surface area contributed by atoms with Gasteiger partial charge in [0.25, 0.3) is 0 Å². The third kappa shape index (κ3) is 4.29. The van der Waals surface area contributed by atoms with Crippen LogP contribution in [-0.4, -0.2) is 24.8 Å². The summed E-state index contributed by atoms with van der Waals surface area (Å²) >= 11 is 0. The lowest BCUT2D eigenvalue weighted by atomic mass is 9.98. The lowest BCUT2D eigenvalue weighted by Crippen LogP contribution is -2.09. The molecule has 0 bridgehead atoms. The summed E-state index contributed by atoms with van der Waals surface area (Å²) in [6.45, 7) is 5.63. The monoisotopic (exact) mass is 338 g/mol. The van der Waals surface area contributed by atoms with Crippen LogP contribution >= 0.6 is 0 Å². The van der Waals surface area contributed by atoms with Crippen LogP contribution in [0.1, 0.15) is 34.0 Å². The summed E-state index contributed by atoms with van der Waals surface area (Å²) in [5.41, 5.74) is 2.15. The normalized spacial score (nSPS) is 10.6. The van der Waals surface area contributed by atoms with E-state index >= 15 is 0 Å². The molecule has 0 amide bonds. The Labute approximate surface area is 148 Å². The number of hydrogen-bond acceptors (Lipinski definition) is 4. The number of hydrogen-bond donors (Lipinski definition) is 1. The predicted molar refractivity (Wildman–Crippen MR) is 99.9 cm³/mol. The number of carbonyl (C=O) groups is 1. The average molecular weight is 338 g/mol. The van der Waals surface area contributed by atoms with Gasteiger partial charge in [-0.2, -0.15) is 0 Å². The van der Waals surface area contributed by atoms with Gasteiger partial charge in [0.15, 0.2) is 0 Å². The van der Waals surface area contributed by atoms with Crippen LogP contribution in [0.25, 0.3) is 12.2 Å². The maximum absolute atomic E-state index is 12.4. The van der Waals surface area contributed by atoms with Gasteiger partial charge in [0.1, 0.15) is 17.1 Å². The summed E-state index contributed by atoms with van der Waals surface area (Å²) in [6.07, 6.45) is 5.65. The van der Waals surface area contributed by atoms with Crippen LogP contribution in [0.15, 0.2) is 49.1 Å². The minimum absolute atomic E-state index is 0.131. The fraction of sp³-hybridized carbons (Fsp3) is 0.190. The fourth-order valence-corrected chi connectivity index (χ4v) is 2.53. The van der Waals surface area contributed by atoms with E-state index in [2.05, 4.69) is 6.58 Å². The second-order valence-corrected chi connectivity index (χ2v) is 5.33. The maximum Gasteiger partial charge on any atom is 0.342 e. The van der Waals surface area contributed by atoms with Crippen molar-refractivity contribution in [3.63, 3.8) is 0 Å². The quantitative estimate of drug-likeness (QED) is 0.459. The van der Waals surface area contributed by atoms with E-state index in [9.17, 15) is 9.90 Å². The minimum atomic E-state index is -0.569. The molecule has 0 radical (unpaired) electrons. The Bertz CT molecular complexity index is 776. The molecule has 2 aromatic carbocycles. The average Bonchev–Trinajstić information content (AvgIpc) is 2.62. The highest BCUT2D eigenvalue weighted by Crippen LogP contribution is 2.36. The number of esters is 1. The van der Waals surface area contributed by atoms with Crippen LogP contribution in [0.2, 0.25) is 0 Å². The number of benzene rings is 2. The number of aromatic hydroxyl groups is 1. The first kappa shape index (κ1) is 18.3. The molecular formula is C21H22O4. The van der Waals surface area contributed by atoms with E-state index in [0.29, 0.717) is 23.3 Å². The van der Waals surface area contributed by atoms with E-state index < -0.39 is 5.97 Å². The van der Waals surface area contributed by atoms with Crippen molar-refractivity contribution in [1.82, 2.24) is 0 Å². The number of methoxy groups -OCH3 is 1. The van der Waals surface area contributed by atoms with Gasteiger partial charge in [-0.1, -0.05) is 48.6 Å². The van der Waals surface area contributed by atoms with Crippen LogP contribution in [0.5, 0.6) is 11.5 Å². The minimum Gasteiger partial charge on any atom is -0.507 e. The first-order valence-electron chi connectivity index (χ1n) is 8.06. The molecule has 2 rings (SSSR count). The van der Waals surface area contributed by atoms with Gasteiger partial charge in [0.2, 0.25) is 0 Å². The summed E-state index contributed by atoms with van der Waals surface area (Å²) in [5.74, 6) is -0.204. The van der Waals surface area contributed by atoms with Crippen LogP contribution in [0.4, 0.5) is 0 Å². The predicted octanol–water partition coefficient (Wildman–Crippen LogP) is 4.48. The van der Waals surface area contributed by atoms with Crippen molar-refractivity contribution in [2.45, 2.75) is 13.3 Å². The Morgan fingerprint density at radius 1 is 1.24 bits per heavy atom. The van der Waals surface area contributed by atoms with Crippen molar-refractivity contribution in [2.24, 2.45) is 0 Å². The molecule has 0 heterocycles. The Hall–Kier alpha value is -3.01. The molecule has 0 atom stereocenters. The SMILES string of the molecule is C=CCc1c(OC)cc(C=Cc2ccccc2)c(C(=O)OCC)c1O. The highest BCUT2D eigenvalue weighted by Gasteiger charge is 2.22. The van der Waals surface area contributed by atoms with Crippen molar-refractivity contribution in [3.05, 3.63) is 71.3 Å². The van der Waals surface area contributed by atoms with Gasteiger partial charge in [-0.3, -0.25) is 0 Å². The highest BCUT2D eigenvalue weighted by atomic mass is 16.5. The molecule has 130 valence electrons. The number of phenolic OH excluding ortho intramolecular Hbond substituents is 1. The summed E-state index contributed by atoms with van der Waals surface area (Å²) < 4.78 is 10.5. The van der Waals surface area contributed by atoms with E-state index in [1.54, 1.807) is 25.1 Å². The second-order valence-electron chi connectivity index (χ2n) is 5.33. The molecule has 0 aliphatic heterocycles. The first-order chi connectivity index (χ1) is 12.1. The molecule has 1 N–H and O–H groups in total. The van der Waals surface area contributed by atoms with Gasteiger partial charge in [-0.15, -0.1) is 6.58 Å². The summed E-state index contributed by atoms with van der Waals surface area (Å²) in [7, 11) is 1.52. The van der Waals surface area contributed by atoms with Crippen molar-refractivity contribution >= 4 is 18.1 Å². The van der Waals surface area contributed by atoms with E-state index in [1.165, 1.54) is 7.11 Å². The van der Waals surface area contributed by atoms with Gasteiger partial charge in [0.05, 0.1) is 13.7 Å². The number of carbonyl (C=O) groups excluding carboxylic acids is 1. The molecular weight excluding hydrogens is 316 g/mol.